The summed E-state index contributed by atoms with van der Waals surface area (Å²) in [6.45, 7) is 6.06. The van der Waals surface area contributed by atoms with E-state index in [1.807, 2.05) is 37.3 Å². The van der Waals surface area contributed by atoms with Crippen molar-refractivity contribution in [1.29, 1.82) is 5.26 Å². The van der Waals surface area contributed by atoms with Gasteiger partial charge in [-0.1, -0.05) is 51.1 Å². The average molecular weight is 306 g/mol. The Morgan fingerprint density at radius 2 is 2.00 bits per heavy atom. The maximum atomic E-state index is 12.8. The number of rotatable bonds is 3. The van der Waals surface area contributed by atoms with E-state index in [0.29, 0.717) is 23.2 Å². The van der Waals surface area contributed by atoms with Gasteiger partial charge in [0.1, 0.15) is 11.6 Å². The summed E-state index contributed by atoms with van der Waals surface area (Å²) in [4.78, 5) is 17.5. The van der Waals surface area contributed by atoms with Gasteiger partial charge in [0, 0.05) is 17.2 Å². The van der Waals surface area contributed by atoms with Crippen LogP contribution >= 0.6 is 0 Å². The molecule has 0 radical (unpaired) electrons. The van der Waals surface area contributed by atoms with Gasteiger partial charge < -0.3 is 0 Å². The van der Waals surface area contributed by atoms with Crippen molar-refractivity contribution in [2.75, 3.05) is 0 Å². The van der Waals surface area contributed by atoms with Gasteiger partial charge in [-0.3, -0.25) is 9.89 Å². The van der Waals surface area contributed by atoms with Gasteiger partial charge in [-0.2, -0.15) is 5.26 Å². The van der Waals surface area contributed by atoms with E-state index >= 15 is 0 Å². The SMILES string of the molecule is CCc1c(C(C)(C)c2ccccc2)nc2c(C#N)c[nH]n2c1=O. The van der Waals surface area contributed by atoms with Gasteiger partial charge in [0.25, 0.3) is 5.56 Å². The van der Waals surface area contributed by atoms with Gasteiger partial charge >= 0.3 is 0 Å². The predicted molar refractivity (Wildman–Crippen MR) is 88.5 cm³/mol. The molecule has 0 saturated carbocycles. The highest BCUT2D eigenvalue weighted by Crippen LogP contribution is 2.32. The molecule has 116 valence electrons. The smallest absolute Gasteiger partial charge is 0.276 e. The molecule has 0 unspecified atom stereocenters. The number of aromatic nitrogens is 3. The molecule has 3 rings (SSSR count). The van der Waals surface area contributed by atoms with Gasteiger partial charge in [-0.25, -0.2) is 9.50 Å². The van der Waals surface area contributed by atoms with Crippen molar-refractivity contribution < 1.29 is 0 Å². The summed E-state index contributed by atoms with van der Waals surface area (Å²) in [6.07, 6.45) is 2.10. The Balaban J connectivity index is 2.37. The van der Waals surface area contributed by atoms with Crippen molar-refractivity contribution in [3.63, 3.8) is 0 Å². The normalized spacial score (nSPS) is 11.6. The van der Waals surface area contributed by atoms with E-state index in [9.17, 15) is 10.1 Å². The van der Waals surface area contributed by atoms with Crippen LogP contribution in [-0.2, 0) is 11.8 Å². The van der Waals surface area contributed by atoms with Crippen LogP contribution in [0, 0.1) is 11.3 Å². The minimum Gasteiger partial charge on any atom is -0.295 e. The van der Waals surface area contributed by atoms with Crippen LogP contribution in [0.5, 0.6) is 0 Å². The van der Waals surface area contributed by atoms with Crippen molar-refractivity contribution in [2.45, 2.75) is 32.6 Å². The number of aromatic amines is 1. The number of hydrogen-bond acceptors (Lipinski definition) is 3. The van der Waals surface area contributed by atoms with Crippen LogP contribution < -0.4 is 5.56 Å². The first-order valence-electron chi connectivity index (χ1n) is 7.59. The van der Waals surface area contributed by atoms with Crippen LogP contribution in [-0.4, -0.2) is 14.6 Å². The van der Waals surface area contributed by atoms with Gasteiger partial charge in [-0.05, 0) is 12.0 Å². The van der Waals surface area contributed by atoms with E-state index in [1.54, 1.807) is 0 Å². The van der Waals surface area contributed by atoms with E-state index in [2.05, 4.69) is 25.0 Å². The van der Waals surface area contributed by atoms with E-state index in [0.717, 1.165) is 11.3 Å². The second-order valence-corrected chi connectivity index (χ2v) is 6.05. The summed E-state index contributed by atoms with van der Waals surface area (Å²) in [5.74, 6) is 0. The van der Waals surface area contributed by atoms with E-state index in [1.165, 1.54) is 10.7 Å². The number of nitrogens with zero attached hydrogens (tertiary/aromatic N) is 3. The Morgan fingerprint density at radius 1 is 1.30 bits per heavy atom. The fourth-order valence-electron chi connectivity index (χ4n) is 2.96. The summed E-state index contributed by atoms with van der Waals surface area (Å²) in [7, 11) is 0. The zero-order valence-corrected chi connectivity index (χ0v) is 13.4. The molecule has 0 bridgehead atoms. The van der Waals surface area contributed by atoms with Gasteiger partial charge in [0.05, 0.1) is 5.69 Å². The van der Waals surface area contributed by atoms with Crippen molar-refractivity contribution >= 4 is 5.65 Å². The Morgan fingerprint density at radius 3 is 2.61 bits per heavy atom. The topological polar surface area (TPSA) is 73.9 Å². The largest absolute Gasteiger partial charge is 0.295 e. The highest BCUT2D eigenvalue weighted by Gasteiger charge is 2.30. The van der Waals surface area contributed by atoms with Crippen LogP contribution in [0.2, 0.25) is 0 Å². The van der Waals surface area contributed by atoms with Crippen LogP contribution in [0.25, 0.3) is 5.65 Å². The van der Waals surface area contributed by atoms with Crippen molar-refractivity contribution in [1.82, 2.24) is 14.6 Å². The van der Waals surface area contributed by atoms with Crippen LogP contribution in [0.15, 0.2) is 41.3 Å². The molecular weight excluding hydrogens is 288 g/mol. The average Bonchev–Trinajstić information content (AvgIpc) is 2.99. The van der Waals surface area contributed by atoms with E-state index < -0.39 is 5.41 Å². The molecular formula is C18H18N4O. The van der Waals surface area contributed by atoms with Crippen LogP contribution in [0.4, 0.5) is 0 Å². The predicted octanol–water partition coefficient (Wildman–Crippen LogP) is 2.78. The third-order valence-electron chi connectivity index (χ3n) is 4.32. The molecule has 0 saturated heterocycles. The zero-order chi connectivity index (χ0) is 16.6. The lowest BCUT2D eigenvalue weighted by atomic mass is 9.79. The van der Waals surface area contributed by atoms with Crippen molar-refractivity contribution in [3.05, 3.63) is 69.3 Å². The fraction of sp³-hybridized carbons (Fsp3) is 0.278. The second kappa shape index (κ2) is 5.40. The second-order valence-electron chi connectivity index (χ2n) is 6.05. The molecule has 0 atom stereocenters. The van der Waals surface area contributed by atoms with Gasteiger partial charge in [0.2, 0.25) is 0 Å². The lowest BCUT2D eigenvalue weighted by Crippen LogP contribution is -2.30. The molecule has 2 heterocycles. The van der Waals surface area contributed by atoms with Gasteiger partial charge in [-0.15, -0.1) is 0 Å². The Bertz CT molecular complexity index is 958. The summed E-state index contributed by atoms with van der Waals surface area (Å²) < 4.78 is 1.35. The van der Waals surface area contributed by atoms with Gasteiger partial charge in [0.15, 0.2) is 5.65 Å². The third kappa shape index (κ3) is 2.23. The molecule has 0 aliphatic heterocycles. The summed E-state index contributed by atoms with van der Waals surface area (Å²) in [6, 6.07) is 12.1. The number of benzene rings is 1. The molecule has 1 aromatic carbocycles. The van der Waals surface area contributed by atoms with Crippen LogP contribution in [0.3, 0.4) is 0 Å². The number of H-pyrrole nitrogens is 1. The zero-order valence-electron chi connectivity index (χ0n) is 13.4. The molecule has 0 fully saturated rings. The minimum atomic E-state index is -0.426. The Labute approximate surface area is 134 Å². The first kappa shape index (κ1) is 15.0. The van der Waals surface area contributed by atoms with Crippen molar-refractivity contribution in [2.24, 2.45) is 0 Å². The highest BCUT2D eigenvalue weighted by molar-refractivity contribution is 5.56. The number of hydrogen-bond donors (Lipinski definition) is 1. The lowest BCUT2D eigenvalue weighted by Gasteiger charge is -2.26. The maximum Gasteiger partial charge on any atom is 0.276 e. The summed E-state index contributed by atoms with van der Waals surface area (Å²) >= 11 is 0. The minimum absolute atomic E-state index is 0.141. The molecule has 5 heteroatoms. The molecule has 5 nitrogen and oxygen atoms in total. The number of nitriles is 1. The first-order chi connectivity index (χ1) is 11.0. The molecule has 3 aromatic rings. The number of nitrogens with one attached hydrogen (secondary N) is 1. The van der Waals surface area contributed by atoms with E-state index in [-0.39, 0.29) is 5.56 Å². The first-order valence-corrected chi connectivity index (χ1v) is 7.59. The Kier molecular flexibility index (Phi) is 3.53. The molecule has 0 spiro atoms. The fourth-order valence-corrected chi connectivity index (χ4v) is 2.96. The highest BCUT2D eigenvalue weighted by atomic mass is 16.1. The third-order valence-corrected chi connectivity index (χ3v) is 4.32. The molecule has 0 aliphatic rings. The molecule has 2 aromatic heterocycles. The standard InChI is InChI=1S/C18H18N4O/c1-4-14-15(18(2,3)13-8-6-5-7-9-13)21-16-12(10-19)11-20-22(16)17(14)23/h5-9,11,20H,4H2,1-3H3. The number of fused-ring (bicyclic) bond motifs is 1. The van der Waals surface area contributed by atoms with Crippen molar-refractivity contribution in [3.8, 4) is 6.07 Å². The molecule has 0 amide bonds. The molecule has 23 heavy (non-hydrogen) atoms. The molecule has 0 aliphatic carbocycles. The monoisotopic (exact) mass is 306 g/mol. The quantitative estimate of drug-likeness (QED) is 0.808. The maximum absolute atomic E-state index is 12.8. The summed E-state index contributed by atoms with van der Waals surface area (Å²) in [5.41, 5.74) is 2.67. The Hall–Kier alpha value is -2.87. The lowest BCUT2D eigenvalue weighted by molar-refractivity contribution is 0.602. The molecule has 1 N–H and O–H groups in total. The van der Waals surface area contributed by atoms with E-state index in [4.69, 9.17) is 4.98 Å². The summed E-state index contributed by atoms with van der Waals surface area (Å²) in [5, 5.41) is 12.0. The van der Waals surface area contributed by atoms with Crippen LogP contribution in [0.1, 0.15) is 43.2 Å².